The van der Waals surface area contributed by atoms with Gasteiger partial charge in [0.1, 0.15) is 0 Å². The van der Waals surface area contributed by atoms with Crippen molar-refractivity contribution in [1.29, 1.82) is 0 Å². The van der Waals surface area contributed by atoms with Crippen molar-refractivity contribution < 1.29 is 4.79 Å². The van der Waals surface area contributed by atoms with Gasteiger partial charge < -0.3 is 0 Å². The topological polar surface area (TPSA) is 17.1 Å². The predicted octanol–water partition coefficient (Wildman–Crippen LogP) is 5.10. The Bertz CT molecular complexity index is 581. The number of halogens is 3. The van der Waals surface area contributed by atoms with Crippen LogP contribution in [0, 0.1) is 0 Å². The maximum absolute atomic E-state index is 12.2. The van der Waals surface area contributed by atoms with Crippen LogP contribution in [0.3, 0.4) is 0 Å². The summed E-state index contributed by atoms with van der Waals surface area (Å²) in [4.78, 5) is 12.2. The minimum atomic E-state index is -0.0492. The molecule has 2 aromatic rings. The monoisotopic (exact) mass is 372 g/mol. The largest absolute Gasteiger partial charge is 0.289 e. The first kappa shape index (κ1) is 12.8. The summed E-state index contributed by atoms with van der Waals surface area (Å²) in [5, 5.41) is 0.559. The predicted molar refractivity (Wildman–Crippen MR) is 76.7 cm³/mol. The number of hydrogen-bond donors (Lipinski definition) is 0. The fourth-order valence-corrected chi connectivity index (χ4v) is 2.88. The third-order valence-electron chi connectivity index (χ3n) is 2.26. The van der Waals surface area contributed by atoms with E-state index in [-0.39, 0.29) is 5.78 Å². The van der Waals surface area contributed by atoms with Crippen LogP contribution in [0.25, 0.3) is 0 Å². The lowest BCUT2D eigenvalue weighted by molar-refractivity contribution is 0.103. The number of carbonyl (C=O) groups excluding carboxylic acids is 1. The van der Waals surface area contributed by atoms with Gasteiger partial charge in [0.15, 0.2) is 5.78 Å². The first-order valence-corrected chi connectivity index (χ1v) is 6.79. The molecule has 0 amide bonds. The Morgan fingerprint density at radius 1 is 1.06 bits per heavy atom. The highest BCUT2D eigenvalue weighted by molar-refractivity contribution is 9.11. The van der Waals surface area contributed by atoms with Gasteiger partial charge in [0.2, 0.25) is 0 Å². The van der Waals surface area contributed by atoms with E-state index in [0.29, 0.717) is 16.1 Å². The molecule has 2 aromatic carbocycles. The molecule has 17 heavy (non-hydrogen) atoms. The van der Waals surface area contributed by atoms with Crippen LogP contribution in [-0.4, -0.2) is 5.78 Å². The quantitative estimate of drug-likeness (QED) is 0.669. The third-order valence-corrected chi connectivity index (χ3v) is 3.65. The highest BCUT2D eigenvalue weighted by Gasteiger charge is 2.12. The van der Waals surface area contributed by atoms with Gasteiger partial charge in [-0.2, -0.15) is 0 Å². The summed E-state index contributed by atoms with van der Waals surface area (Å²) >= 11 is 12.6. The highest BCUT2D eigenvalue weighted by Crippen LogP contribution is 2.25. The molecule has 0 fully saturated rings. The molecule has 2 rings (SSSR count). The SMILES string of the molecule is O=C(c1cccc(Cl)c1)c1ccc(Br)cc1Br. The van der Waals surface area contributed by atoms with Crippen LogP contribution in [0.4, 0.5) is 0 Å². The average molecular weight is 374 g/mol. The van der Waals surface area contributed by atoms with Crippen LogP contribution < -0.4 is 0 Å². The van der Waals surface area contributed by atoms with Crippen molar-refractivity contribution in [3.8, 4) is 0 Å². The van der Waals surface area contributed by atoms with E-state index in [9.17, 15) is 4.79 Å². The summed E-state index contributed by atoms with van der Waals surface area (Å²) in [6.07, 6.45) is 0. The van der Waals surface area contributed by atoms with E-state index in [1.54, 1.807) is 30.3 Å². The number of hydrogen-bond acceptors (Lipinski definition) is 1. The minimum Gasteiger partial charge on any atom is -0.289 e. The van der Waals surface area contributed by atoms with E-state index in [1.165, 1.54) is 0 Å². The van der Waals surface area contributed by atoms with Crippen molar-refractivity contribution in [2.75, 3.05) is 0 Å². The number of carbonyl (C=O) groups is 1. The summed E-state index contributed by atoms with van der Waals surface area (Å²) in [5.74, 6) is -0.0492. The van der Waals surface area contributed by atoms with Crippen molar-refractivity contribution in [1.82, 2.24) is 0 Å². The van der Waals surface area contributed by atoms with Crippen LogP contribution in [-0.2, 0) is 0 Å². The Morgan fingerprint density at radius 2 is 1.82 bits per heavy atom. The molecular formula is C13H7Br2ClO. The molecule has 0 heterocycles. The van der Waals surface area contributed by atoms with Crippen molar-refractivity contribution in [2.45, 2.75) is 0 Å². The lowest BCUT2D eigenvalue weighted by Crippen LogP contribution is -2.02. The fraction of sp³-hybridized carbons (Fsp3) is 0. The Balaban J connectivity index is 2.44. The molecule has 4 heteroatoms. The standard InChI is InChI=1S/C13H7Br2ClO/c14-9-4-5-11(12(15)7-9)13(17)8-2-1-3-10(16)6-8/h1-7H. The number of benzene rings is 2. The summed E-state index contributed by atoms with van der Waals surface area (Å²) in [7, 11) is 0. The van der Waals surface area contributed by atoms with Gasteiger partial charge in [0, 0.05) is 25.1 Å². The van der Waals surface area contributed by atoms with Crippen molar-refractivity contribution in [2.24, 2.45) is 0 Å². The number of rotatable bonds is 2. The molecule has 0 aliphatic heterocycles. The second-order valence-electron chi connectivity index (χ2n) is 3.46. The summed E-state index contributed by atoms with van der Waals surface area (Å²) in [6.45, 7) is 0. The molecule has 0 unspecified atom stereocenters. The molecule has 1 nitrogen and oxygen atoms in total. The molecule has 0 spiro atoms. The second kappa shape index (κ2) is 5.34. The van der Waals surface area contributed by atoms with Gasteiger partial charge >= 0.3 is 0 Å². The van der Waals surface area contributed by atoms with Crippen LogP contribution >= 0.6 is 43.5 Å². The molecule has 0 aromatic heterocycles. The van der Waals surface area contributed by atoms with E-state index in [4.69, 9.17) is 11.6 Å². The van der Waals surface area contributed by atoms with Gasteiger partial charge in [0.05, 0.1) is 0 Å². The molecular weight excluding hydrogens is 367 g/mol. The molecule has 0 aliphatic carbocycles. The molecule has 0 saturated heterocycles. The van der Waals surface area contributed by atoms with Crippen LogP contribution in [0.5, 0.6) is 0 Å². The Morgan fingerprint density at radius 3 is 2.47 bits per heavy atom. The smallest absolute Gasteiger partial charge is 0.194 e. The van der Waals surface area contributed by atoms with Gasteiger partial charge in [-0.1, -0.05) is 39.7 Å². The van der Waals surface area contributed by atoms with Crippen molar-refractivity contribution in [3.63, 3.8) is 0 Å². The zero-order valence-corrected chi connectivity index (χ0v) is 12.5. The normalized spacial score (nSPS) is 10.3. The second-order valence-corrected chi connectivity index (χ2v) is 5.67. The van der Waals surface area contributed by atoms with Gasteiger partial charge in [-0.15, -0.1) is 0 Å². The first-order valence-electron chi connectivity index (χ1n) is 4.83. The molecule has 0 aliphatic rings. The Kier molecular flexibility index (Phi) is 4.02. The van der Waals surface area contributed by atoms with Gasteiger partial charge in [-0.05, 0) is 46.3 Å². The van der Waals surface area contributed by atoms with Gasteiger partial charge in [-0.3, -0.25) is 4.79 Å². The molecule has 0 radical (unpaired) electrons. The first-order chi connectivity index (χ1) is 8.08. The molecule has 0 atom stereocenters. The average Bonchev–Trinajstić information content (AvgIpc) is 2.28. The lowest BCUT2D eigenvalue weighted by Gasteiger charge is -2.04. The van der Waals surface area contributed by atoms with Crippen molar-refractivity contribution in [3.05, 3.63) is 67.6 Å². The Labute approximate surface area is 121 Å². The zero-order valence-electron chi connectivity index (χ0n) is 8.58. The Hall–Kier alpha value is -0.640. The molecule has 0 bridgehead atoms. The molecule has 86 valence electrons. The van der Waals surface area contributed by atoms with E-state index >= 15 is 0 Å². The van der Waals surface area contributed by atoms with Crippen LogP contribution in [0.2, 0.25) is 5.02 Å². The minimum absolute atomic E-state index is 0.0492. The molecule has 0 N–H and O–H groups in total. The zero-order chi connectivity index (χ0) is 12.4. The van der Waals surface area contributed by atoms with Crippen LogP contribution in [0.15, 0.2) is 51.4 Å². The lowest BCUT2D eigenvalue weighted by atomic mass is 10.0. The number of ketones is 1. The summed E-state index contributed by atoms with van der Waals surface area (Å²) in [6, 6.07) is 12.4. The van der Waals surface area contributed by atoms with E-state index in [0.717, 1.165) is 8.95 Å². The fourth-order valence-electron chi connectivity index (χ4n) is 1.46. The van der Waals surface area contributed by atoms with Crippen LogP contribution in [0.1, 0.15) is 15.9 Å². The van der Waals surface area contributed by atoms with Gasteiger partial charge in [0.25, 0.3) is 0 Å². The summed E-state index contributed by atoms with van der Waals surface area (Å²) in [5.41, 5.74) is 1.20. The van der Waals surface area contributed by atoms with E-state index < -0.39 is 0 Å². The maximum Gasteiger partial charge on any atom is 0.194 e. The van der Waals surface area contributed by atoms with Gasteiger partial charge in [-0.25, -0.2) is 0 Å². The molecule has 0 saturated carbocycles. The van der Waals surface area contributed by atoms with E-state index in [2.05, 4.69) is 31.9 Å². The van der Waals surface area contributed by atoms with Crippen molar-refractivity contribution >= 4 is 49.2 Å². The highest BCUT2D eigenvalue weighted by atomic mass is 79.9. The maximum atomic E-state index is 12.2. The summed E-state index contributed by atoms with van der Waals surface area (Å²) < 4.78 is 1.68. The van der Waals surface area contributed by atoms with E-state index in [1.807, 2.05) is 12.1 Å². The third kappa shape index (κ3) is 2.97.